The summed E-state index contributed by atoms with van der Waals surface area (Å²) < 4.78 is 58.4. The lowest BCUT2D eigenvalue weighted by Crippen LogP contribution is -2.43. The molecule has 4 bridgehead atoms. The van der Waals surface area contributed by atoms with Gasteiger partial charge in [-0.3, -0.25) is 0 Å². The number of hydrogen-bond acceptors (Lipinski definition) is 3. The fourth-order valence-electron chi connectivity index (χ4n) is 10.5. The minimum Gasteiger partial charge on any atom is -0.496 e. The van der Waals surface area contributed by atoms with Gasteiger partial charge in [-0.2, -0.15) is 13.2 Å². The van der Waals surface area contributed by atoms with E-state index in [4.69, 9.17) is 4.74 Å². The summed E-state index contributed by atoms with van der Waals surface area (Å²) in [6.07, 6.45) is 11.2. The second kappa shape index (κ2) is 13.2. The smallest absolute Gasteiger partial charge is 0.416 e. The van der Waals surface area contributed by atoms with Crippen LogP contribution in [0.3, 0.4) is 0 Å². The average molecular weight is 627 g/mol. The van der Waals surface area contributed by atoms with Gasteiger partial charge in [0.2, 0.25) is 0 Å². The van der Waals surface area contributed by atoms with Crippen LogP contribution >= 0.6 is 0 Å². The maximum atomic E-state index is 13.4. The van der Waals surface area contributed by atoms with E-state index in [0.29, 0.717) is 17.5 Å². The number of rotatable bonds is 5. The van der Waals surface area contributed by atoms with Crippen molar-refractivity contribution in [3.8, 4) is 5.75 Å². The third kappa shape index (κ3) is 6.68. The van der Waals surface area contributed by atoms with Crippen molar-refractivity contribution in [1.29, 1.82) is 0 Å². The molecular weight excluding hydrogens is 576 g/mol. The van der Waals surface area contributed by atoms with Crippen molar-refractivity contribution in [3.05, 3.63) is 65.0 Å². The lowest BCUT2D eigenvalue weighted by atomic mass is 9.84. The number of benzene rings is 2. The van der Waals surface area contributed by atoms with Crippen LogP contribution in [0, 0.1) is 29.5 Å². The van der Waals surface area contributed by atoms with Gasteiger partial charge >= 0.3 is 6.18 Å². The predicted octanol–water partition coefficient (Wildman–Crippen LogP) is 9.28. The molecule has 45 heavy (non-hydrogen) atoms. The predicted molar refractivity (Wildman–Crippen MR) is 170 cm³/mol. The summed E-state index contributed by atoms with van der Waals surface area (Å²) in [5.74, 6) is 4.87. The number of methoxy groups -OCH3 is 1. The van der Waals surface area contributed by atoms with E-state index in [1.54, 1.807) is 25.3 Å². The Bertz CT molecular complexity index is 1300. The summed E-state index contributed by atoms with van der Waals surface area (Å²) in [6.45, 7) is 4.31. The van der Waals surface area contributed by atoms with Crippen molar-refractivity contribution in [2.24, 2.45) is 23.7 Å². The Morgan fingerprint density at radius 3 is 1.64 bits per heavy atom. The number of halogens is 4. The summed E-state index contributed by atoms with van der Waals surface area (Å²) in [4.78, 5) is 5.33. The maximum absolute atomic E-state index is 13.4. The molecule has 2 aromatic rings. The lowest BCUT2D eigenvalue weighted by molar-refractivity contribution is -0.138. The van der Waals surface area contributed by atoms with Gasteiger partial charge in [-0.25, -0.2) is 4.39 Å². The minimum absolute atomic E-state index is 0.0580. The quantitative estimate of drug-likeness (QED) is 0.308. The van der Waals surface area contributed by atoms with Crippen LogP contribution in [0.2, 0.25) is 0 Å². The summed E-state index contributed by atoms with van der Waals surface area (Å²) in [7, 11) is 1.64. The summed E-state index contributed by atoms with van der Waals surface area (Å²) in [6, 6.07) is 12.7. The van der Waals surface area contributed by atoms with E-state index >= 15 is 0 Å². The molecule has 2 heterocycles. The molecule has 0 spiro atoms. The highest BCUT2D eigenvalue weighted by Crippen LogP contribution is 2.49. The number of piperidine rings is 2. The first kappa shape index (κ1) is 31.5. The summed E-state index contributed by atoms with van der Waals surface area (Å²) >= 11 is 0. The highest BCUT2D eigenvalue weighted by Gasteiger charge is 2.44. The van der Waals surface area contributed by atoms with E-state index in [1.807, 2.05) is 6.07 Å². The van der Waals surface area contributed by atoms with Crippen molar-refractivity contribution >= 4 is 0 Å². The molecule has 0 radical (unpaired) electrons. The number of hydrogen-bond donors (Lipinski definition) is 0. The van der Waals surface area contributed by atoms with Crippen LogP contribution in [0.1, 0.15) is 106 Å². The molecule has 0 N–H and O–H groups in total. The highest BCUT2D eigenvalue weighted by molar-refractivity contribution is 5.37. The monoisotopic (exact) mass is 626 g/mol. The Morgan fingerprint density at radius 1 is 0.644 bits per heavy atom. The zero-order chi connectivity index (χ0) is 31.1. The molecule has 6 atom stereocenters. The third-order valence-corrected chi connectivity index (χ3v) is 12.7. The molecule has 2 aliphatic heterocycles. The molecular formula is C38H50F4N2O. The van der Waals surface area contributed by atoms with Crippen molar-refractivity contribution in [2.45, 2.75) is 107 Å². The molecule has 2 saturated heterocycles. The average Bonchev–Trinajstić information content (AvgIpc) is 3.88. The number of ether oxygens (including phenoxy) is 1. The van der Waals surface area contributed by atoms with Gasteiger partial charge in [0.05, 0.1) is 12.7 Å². The molecule has 3 nitrogen and oxygen atoms in total. The van der Waals surface area contributed by atoms with Crippen LogP contribution in [0.4, 0.5) is 17.6 Å². The molecule has 8 rings (SSSR count). The standard InChI is InChI=1S/C19H24F3N.C19H26FNO/c20-19(21,22)17-4-2-1-3-16(17)14-7-9-23(10-8-14)18-12-13-5-6-15(18)11-13;1-22-19-12-16(20)4-5-17(19)14-6-8-21(9-7-14)18-11-13-2-3-15(18)10-13/h1-4,13-15,18H,5-12H2;4-5,12-15,18H,2-3,6-11H2,1H3/t13-,15-,18?;13-,15-,18-/m00/s1. The molecule has 6 aliphatic rings. The topological polar surface area (TPSA) is 15.7 Å². The first-order chi connectivity index (χ1) is 21.8. The van der Waals surface area contributed by atoms with Crippen molar-refractivity contribution < 1.29 is 22.3 Å². The third-order valence-electron chi connectivity index (χ3n) is 12.7. The molecule has 7 heteroatoms. The van der Waals surface area contributed by atoms with Gasteiger partial charge in [-0.1, -0.05) is 37.1 Å². The Balaban J connectivity index is 0.000000145. The van der Waals surface area contributed by atoms with Gasteiger partial charge in [0.15, 0.2) is 0 Å². The van der Waals surface area contributed by atoms with Gasteiger partial charge in [0.1, 0.15) is 11.6 Å². The largest absolute Gasteiger partial charge is 0.496 e. The first-order valence-corrected chi connectivity index (χ1v) is 17.7. The molecule has 1 unspecified atom stereocenters. The fraction of sp³-hybridized carbons (Fsp3) is 0.684. The normalized spacial score (nSPS) is 32.6. The van der Waals surface area contributed by atoms with Crippen LogP contribution in [0.15, 0.2) is 42.5 Å². The van der Waals surface area contributed by atoms with Crippen LogP contribution in [-0.4, -0.2) is 55.2 Å². The number of alkyl halides is 3. The molecule has 4 saturated carbocycles. The molecule has 0 aromatic heterocycles. The van der Waals surface area contributed by atoms with Crippen LogP contribution in [0.5, 0.6) is 5.75 Å². The van der Waals surface area contributed by atoms with Crippen molar-refractivity contribution in [1.82, 2.24) is 9.80 Å². The van der Waals surface area contributed by atoms with E-state index in [9.17, 15) is 17.6 Å². The molecule has 4 aliphatic carbocycles. The summed E-state index contributed by atoms with van der Waals surface area (Å²) in [5.41, 5.74) is 1.27. The van der Waals surface area contributed by atoms with Crippen molar-refractivity contribution in [2.75, 3.05) is 33.3 Å². The lowest BCUT2D eigenvalue weighted by Gasteiger charge is -2.40. The van der Waals surface area contributed by atoms with E-state index in [1.165, 1.54) is 101 Å². The van der Waals surface area contributed by atoms with Crippen LogP contribution in [0.25, 0.3) is 0 Å². The van der Waals surface area contributed by atoms with E-state index < -0.39 is 11.7 Å². The van der Waals surface area contributed by atoms with Crippen LogP contribution < -0.4 is 4.74 Å². The number of nitrogens with zero attached hydrogens (tertiary/aromatic N) is 2. The second-order valence-corrected chi connectivity index (χ2v) is 15.1. The highest BCUT2D eigenvalue weighted by atomic mass is 19.4. The molecule has 0 amide bonds. The Kier molecular flexibility index (Phi) is 9.22. The van der Waals surface area contributed by atoms with Gasteiger partial charge in [-0.05, 0) is 149 Å². The first-order valence-electron chi connectivity index (χ1n) is 17.7. The Morgan fingerprint density at radius 2 is 1.18 bits per heavy atom. The van der Waals surface area contributed by atoms with Gasteiger partial charge in [-0.15, -0.1) is 0 Å². The molecule has 6 fully saturated rings. The van der Waals surface area contributed by atoms with E-state index in [0.717, 1.165) is 61.4 Å². The van der Waals surface area contributed by atoms with Gasteiger partial charge in [0, 0.05) is 18.2 Å². The Labute approximate surface area is 266 Å². The number of likely N-dealkylation sites (tertiary alicyclic amines) is 2. The SMILES string of the molecule is COc1cc(F)ccc1C1CCN([C@H]2C[C@H]3CC[C@H]2C3)CC1.FC(F)(F)c1ccccc1C1CCN(C2C[C@H]3CC[C@H]2C3)CC1. The second-order valence-electron chi connectivity index (χ2n) is 15.1. The van der Waals surface area contributed by atoms with Gasteiger partial charge < -0.3 is 14.5 Å². The number of fused-ring (bicyclic) bond motifs is 4. The minimum atomic E-state index is -4.24. The summed E-state index contributed by atoms with van der Waals surface area (Å²) in [5, 5.41) is 0. The van der Waals surface area contributed by atoms with E-state index in [-0.39, 0.29) is 11.7 Å². The zero-order valence-electron chi connectivity index (χ0n) is 26.8. The van der Waals surface area contributed by atoms with Crippen LogP contribution in [-0.2, 0) is 6.18 Å². The molecule has 246 valence electrons. The van der Waals surface area contributed by atoms with Crippen molar-refractivity contribution in [3.63, 3.8) is 0 Å². The fourth-order valence-corrected chi connectivity index (χ4v) is 10.5. The van der Waals surface area contributed by atoms with Gasteiger partial charge in [0.25, 0.3) is 0 Å². The van der Waals surface area contributed by atoms with E-state index in [2.05, 4.69) is 9.80 Å². The maximum Gasteiger partial charge on any atom is 0.416 e. The molecule has 2 aromatic carbocycles. The Hall–Kier alpha value is -2.12. The zero-order valence-corrected chi connectivity index (χ0v) is 26.8.